The predicted molar refractivity (Wildman–Crippen MR) is 70.4 cm³/mol. The summed E-state index contributed by atoms with van der Waals surface area (Å²) in [6, 6.07) is 1.61. The lowest BCUT2D eigenvalue weighted by atomic mass is 10.1. The van der Waals surface area contributed by atoms with Crippen LogP contribution >= 0.6 is 0 Å². The zero-order valence-corrected chi connectivity index (χ0v) is 11.2. The van der Waals surface area contributed by atoms with Gasteiger partial charge >= 0.3 is 0 Å². The molecular weight excluding hydrogens is 216 g/mol. The first kappa shape index (κ1) is 14.3. The average Bonchev–Trinajstić information content (AvgIpc) is 3.16. The first-order valence-corrected chi connectivity index (χ1v) is 6.50. The van der Waals surface area contributed by atoms with Crippen LogP contribution in [-0.4, -0.2) is 47.7 Å². The molecule has 1 saturated carbocycles. The first-order valence-electron chi connectivity index (χ1n) is 6.50. The topological polar surface area (TPSA) is 73.9 Å². The Balaban J connectivity index is 2.26. The van der Waals surface area contributed by atoms with Crippen molar-refractivity contribution >= 4 is 5.84 Å². The van der Waals surface area contributed by atoms with E-state index < -0.39 is 0 Å². The summed E-state index contributed by atoms with van der Waals surface area (Å²) in [6.45, 7) is 5.29. The van der Waals surface area contributed by atoms with Gasteiger partial charge in [0.25, 0.3) is 0 Å². The second kappa shape index (κ2) is 6.81. The van der Waals surface area contributed by atoms with Gasteiger partial charge in [-0.2, -0.15) is 0 Å². The SMILES string of the molecule is CCC(CC(N)=NO)NCC(C)N(C)C1CC1. The Kier molecular flexibility index (Phi) is 5.71. The van der Waals surface area contributed by atoms with Crippen LogP contribution < -0.4 is 11.1 Å². The molecule has 1 aliphatic carbocycles. The average molecular weight is 242 g/mol. The van der Waals surface area contributed by atoms with Gasteiger partial charge in [0.15, 0.2) is 0 Å². The van der Waals surface area contributed by atoms with Crippen molar-refractivity contribution in [3.8, 4) is 0 Å². The second-order valence-electron chi connectivity index (χ2n) is 5.05. The number of oxime groups is 1. The van der Waals surface area contributed by atoms with Gasteiger partial charge in [-0.05, 0) is 33.2 Å². The van der Waals surface area contributed by atoms with E-state index in [2.05, 4.69) is 36.3 Å². The number of hydrogen-bond donors (Lipinski definition) is 3. The molecule has 0 aromatic rings. The molecule has 0 aromatic carbocycles. The number of amidine groups is 1. The highest BCUT2D eigenvalue weighted by atomic mass is 16.4. The minimum absolute atomic E-state index is 0.293. The Bertz CT molecular complexity index is 253. The van der Waals surface area contributed by atoms with Crippen LogP contribution in [0.3, 0.4) is 0 Å². The van der Waals surface area contributed by atoms with E-state index in [9.17, 15) is 0 Å². The quantitative estimate of drug-likeness (QED) is 0.257. The van der Waals surface area contributed by atoms with Gasteiger partial charge < -0.3 is 16.3 Å². The van der Waals surface area contributed by atoms with Crippen LogP contribution in [0.5, 0.6) is 0 Å². The van der Waals surface area contributed by atoms with Crippen molar-refractivity contribution in [2.24, 2.45) is 10.9 Å². The fourth-order valence-corrected chi connectivity index (χ4v) is 1.98. The maximum Gasteiger partial charge on any atom is 0.140 e. The van der Waals surface area contributed by atoms with Gasteiger partial charge in [0.05, 0.1) is 0 Å². The summed E-state index contributed by atoms with van der Waals surface area (Å²) in [4.78, 5) is 2.43. The molecule has 2 unspecified atom stereocenters. The highest BCUT2D eigenvalue weighted by Crippen LogP contribution is 2.26. The maximum absolute atomic E-state index is 8.55. The molecule has 1 rings (SSSR count). The second-order valence-corrected chi connectivity index (χ2v) is 5.05. The van der Waals surface area contributed by atoms with E-state index in [1.165, 1.54) is 12.8 Å². The van der Waals surface area contributed by atoms with Crippen LogP contribution in [0.4, 0.5) is 0 Å². The third-order valence-corrected chi connectivity index (χ3v) is 3.60. The van der Waals surface area contributed by atoms with E-state index in [0.717, 1.165) is 19.0 Å². The first-order chi connectivity index (χ1) is 8.08. The lowest BCUT2D eigenvalue weighted by Gasteiger charge is -2.27. The number of nitrogens with zero attached hydrogens (tertiary/aromatic N) is 2. The third kappa shape index (κ3) is 4.91. The molecule has 0 aromatic heterocycles. The Morgan fingerprint density at radius 1 is 1.59 bits per heavy atom. The molecule has 0 spiro atoms. The van der Waals surface area contributed by atoms with Crippen molar-refractivity contribution in [3.05, 3.63) is 0 Å². The Hall–Kier alpha value is -0.810. The molecule has 0 aliphatic heterocycles. The molecule has 0 amide bonds. The largest absolute Gasteiger partial charge is 0.409 e. The highest BCUT2D eigenvalue weighted by molar-refractivity contribution is 5.80. The number of rotatable bonds is 8. The van der Waals surface area contributed by atoms with Crippen LogP contribution in [0.15, 0.2) is 5.16 Å². The summed E-state index contributed by atoms with van der Waals surface area (Å²) < 4.78 is 0. The van der Waals surface area contributed by atoms with Crippen LogP contribution in [0.2, 0.25) is 0 Å². The van der Waals surface area contributed by atoms with Crippen LogP contribution in [0.1, 0.15) is 39.5 Å². The molecule has 0 bridgehead atoms. The summed E-state index contributed by atoms with van der Waals surface area (Å²) in [7, 11) is 2.19. The van der Waals surface area contributed by atoms with Gasteiger partial charge in [0.2, 0.25) is 0 Å². The summed E-state index contributed by atoms with van der Waals surface area (Å²) in [5.74, 6) is 0.299. The zero-order valence-electron chi connectivity index (χ0n) is 11.2. The number of likely N-dealkylation sites (N-methyl/N-ethyl adjacent to an activating group) is 1. The van der Waals surface area contributed by atoms with Gasteiger partial charge in [-0.25, -0.2) is 0 Å². The molecule has 100 valence electrons. The fourth-order valence-electron chi connectivity index (χ4n) is 1.98. The molecule has 2 atom stereocenters. The van der Waals surface area contributed by atoms with Crippen molar-refractivity contribution in [2.75, 3.05) is 13.6 Å². The number of hydrogen-bond acceptors (Lipinski definition) is 4. The Labute approximate surface area is 104 Å². The Morgan fingerprint density at radius 3 is 2.71 bits per heavy atom. The molecule has 4 N–H and O–H groups in total. The van der Waals surface area contributed by atoms with E-state index in [1.807, 2.05) is 0 Å². The minimum atomic E-state index is 0.293. The number of nitrogens with one attached hydrogen (secondary N) is 1. The fraction of sp³-hybridized carbons (Fsp3) is 0.917. The molecule has 0 heterocycles. The van der Waals surface area contributed by atoms with Crippen LogP contribution in [0.25, 0.3) is 0 Å². The third-order valence-electron chi connectivity index (χ3n) is 3.60. The van der Waals surface area contributed by atoms with Crippen molar-refractivity contribution in [1.29, 1.82) is 0 Å². The van der Waals surface area contributed by atoms with E-state index in [1.54, 1.807) is 0 Å². The van der Waals surface area contributed by atoms with E-state index >= 15 is 0 Å². The van der Waals surface area contributed by atoms with Gasteiger partial charge in [-0.15, -0.1) is 0 Å². The summed E-state index contributed by atoms with van der Waals surface area (Å²) in [5.41, 5.74) is 5.52. The molecule has 0 radical (unpaired) electrons. The standard InChI is InChI=1S/C12H26N4O/c1-4-10(7-12(13)15-17)14-8-9(2)16(3)11-5-6-11/h9-11,14,17H,4-8H2,1-3H3,(H2,13,15). The van der Waals surface area contributed by atoms with Crippen molar-refractivity contribution < 1.29 is 5.21 Å². The van der Waals surface area contributed by atoms with Gasteiger partial charge in [0, 0.05) is 31.1 Å². The summed E-state index contributed by atoms with van der Waals surface area (Å²) in [6.07, 6.45) is 4.26. The minimum Gasteiger partial charge on any atom is -0.409 e. The maximum atomic E-state index is 8.55. The Morgan fingerprint density at radius 2 is 2.24 bits per heavy atom. The molecule has 1 fully saturated rings. The van der Waals surface area contributed by atoms with Crippen molar-refractivity contribution in [3.63, 3.8) is 0 Å². The molecule has 17 heavy (non-hydrogen) atoms. The predicted octanol–water partition coefficient (Wildman–Crippen LogP) is 0.974. The normalized spacial score (nSPS) is 20.6. The summed E-state index contributed by atoms with van der Waals surface area (Å²) >= 11 is 0. The molecular formula is C12H26N4O. The number of nitrogens with two attached hydrogens (primary N) is 1. The van der Waals surface area contributed by atoms with Gasteiger partial charge in [-0.1, -0.05) is 12.1 Å². The molecule has 1 aliphatic rings. The highest BCUT2D eigenvalue weighted by Gasteiger charge is 2.29. The monoisotopic (exact) mass is 242 g/mol. The lowest BCUT2D eigenvalue weighted by molar-refractivity contribution is 0.235. The molecule has 5 heteroatoms. The van der Waals surface area contributed by atoms with Crippen LogP contribution in [-0.2, 0) is 0 Å². The van der Waals surface area contributed by atoms with Gasteiger partial charge in [0.1, 0.15) is 5.84 Å². The lowest BCUT2D eigenvalue weighted by Crippen LogP contribution is -2.43. The van der Waals surface area contributed by atoms with E-state index in [-0.39, 0.29) is 0 Å². The zero-order chi connectivity index (χ0) is 12.8. The van der Waals surface area contributed by atoms with E-state index in [4.69, 9.17) is 10.9 Å². The summed E-state index contributed by atoms with van der Waals surface area (Å²) in [5, 5.41) is 15.1. The smallest absolute Gasteiger partial charge is 0.140 e. The van der Waals surface area contributed by atoms with Crippen molar-refractivity contribution in [2.45, 2.75) is 57.7 Å². The molecule has 5 nitrogen and oxygen atoms in total. The van der Waals surface area contributed by atoms with Crippen LogP contribution in [0, 0.1) is 0 Å². The van der Waals surface area contributed by atoms with Crippen molar-refractivity contribution in [1.82, 2.24) is 10.2 Å². The van der Waals surface area contributed by atoms with Gasteiger partial charge in [-0.3, -0.25) is 4.90 Å². The van der Waals surface area contributed by atoms with E-state index in [0.29, 0.717) is 24.3 Å². The molecule has 0 saturated heterocycles.